The van der Waals surface area contributed by atoms with Crippen LogP contribution in [0.5, 0.6) is 5.75 Å². The second kappa shape index (κ2) is 8.71. The van der Waals surface area contributed by atoms with Gasteiger partial charge in [0.05, 0.1) is 36.3 Å². The summed E-state index contributed by atoms with van der Waals surface area (Å²) in [5.41, 5.74) is 0.688. The number of aliphatic hydroxyl groups excluding tert-OH is 1. The summed E-state index contributed by atoms with van der Waals surface area (Å²) >= 11 is 1.50. The number of esters is 1. The molecular weight excluding hydrogens is 468 g/mol. The molecule has 9 heteroatoms. The Kier molecular flexibility index (Phi) is 5.96. The molecule has 4 aliphatic heterocycles. The van der Waals surface area contributed by atoms with Crippen LogP contribution in [-0.2, 0) is 19.1 Å². The number of anilines is 1. The van der Waals surface area contributed by atoms with Crippen LogP contribution < -0.4 is 9.64 Å². The molecule has 4 heterocycles. The SMILES string of the molecule is CC[C@@H](CO)N1C(=O)[C@@H]2[C@@H]3C(=O)OCC=C[C@]3(C)S[C@@]23C=CCN(c2ccc(OC)cc2)C(=O)C13. The van der Waals surface area contributed by atoms with Crippen LogP contribution in [0.2, 0.25) is 0 Å². The summed E-state index contributed by atoms with van der Waals surface area (Å²) in [6.07, 6.45) is 8.12. The largest absolute Gasteiger partial charge is 0.497 e. The van der Waals surface area contributed by atoms with Crippen LogP contribution in [0.3, 0.4) is 0 Å². The molecule has 2 fully saturated rings. The molecule has 4 aliphatic rings. The fourth-order valence-corrected chi connectivity index (χ4v) is 8.24. The monoisotopic (exact) mass is 498 g/mol. The molecule has 6 atom stereocenters. The molecule has 186 valence electrons. The zero-order chi connectivity index (χ0) is 25.0. The van der Waals surface area contributed by atoms with E-state index in [1.807, 2.05) is 50.3 Å². The van der Waals surface area contributed by atoms with E-state index in [1.54, 1.807) is 29.0 Å². The molecule has 2 amide bonds. The number of hydrogen-bond acceptors (Lipinski definition) is 7. The van der Waals surface area contributed by atoms with Gasteiger partial charge < -0.3 is 24.4 Å². The third kappa shape index (κ3) is 3.42. The molecule has 0 saturated carbocycles. The second-order valence-corrected chi connectivity index (χ2v) is 11.4. The number of ether oxygens (including phenoxy) is 2. The zero-order valence-electron chi connectivity index (χ0n) is 20.0. The first-order valence-corrected chi connectivity index (χ1v) is 12.7. The number of carbonyl (C=O) groups excluding carboxylic acids is 3. The van der Waals surface area contributed by atoms with E-state index in [1.165, 1.54) is 11.8 Å². The Bertz CT molecular complexity index is 1100. The van der Waals surface area contributed by atoms with E-state index in [9.17, 15) is 19.5 Å². The third-order valence-corrected chi connectivity index (χ3v) is 9.51. The van der Waals surface area contributed by atoms with Gasteiger partial charge in [-0.15, -0.1) is 11.8 Å². The molecule has 8 nitrogen and oxygen atoms in total. The van der Waals surface area contributed by atoms with Crippen LogP contribution in [0.15, 0.2) is 48.6 Å². The number of nitrogens with zero attached hydrogens (tertiary/aromatic N) is 2. The molecule has 0 aromatic heterocycles. The van der Waals surface area contributed by atoms with E-state index >= 15 is 0 Å². The minimum Gasteiger partial charge on any atom is -0.497 e. The highest BCUT2D eigenvalue weighted by Gasteiger charge is 2.74. The summed E-state index contributed by atoms with van der Waals surface area (Å²) in [7, 11) is 1.58. The molecule has 35 heavy (non-hydrogen) atoms. The molecule has 0 aliphatic carbocycles. The minimum absolute atomic E-state index is 0.167. The molecule has 1 spiro atoms. The van der Waals surface area contributed by atoms with Crippen LogP contribution in [0.25, 0.3) is 0 Å². The topological polar surface area (TPSA) is 96.4 Å². The highest BCUT2D eigenvalue weighted by molar-refractivity contribution is 8.02. The number of amides is 2. The lowest BCUT2D eigenvalue weighted by molar-refractivity contribution is -0.153. The number of likely N-dealkylation sites (tertiary alicyclic amines) is 1. The Balaban J connectivity index is 1.65. The lowest BCUT2D eigenvalue weighted by atomic mass is 9.75. The number of methoxy groups -OCH3 is 1. The van der Waals surface area contributed by atoms with Crippen molar-refractivity contribution in [3.8, 4) is 5.75 Å². The first-order valence-electron chi connectivity index (χ1n) is 11.9. The van der Waals surface area contributed by atoms with Crippen LogP contribution >= 0.6 is 11.8 Å². The van der Waals surface area contributed by atoms with Gasteiger partial charge in [0.2, 0.25) is 5.91 Å². The standard InChI is InChI=1S/C26H30N2O6S/c1-4-16(15-29)28-21-23(31)27(17-7-9-18(33-3)10-8-17)13-5-12-26(21)19(22(28)30)20-24(32)34-14-6-11-25(20,2)35-26/h5-12,16,19-21,29H,4,13-15H2,1-3H3/t16-,19-,20+,21?,25-,26-/m0/s1. The Morgan fingerprint density at radius 2 is 1.89 bits per heavy atom. The van der Waals surface area contributed by atoms with Crippen molar-refractivity contribution in [2.45, 2.75) is 41.8 Å². The number of aliphatic hydroxyl groups is 1. The van der Waals surface area contributed by atoms with E-state index in [-0.39, 0.29) is 25.0 Å². The number of benzene rings is 1. The lowest BCUT2D eigenvalue weighted by Gasteiger charge is -2.39. The Hall–Kier alpha value is -2.78. The Morgan fingerprint density at radius 3 is 2.54 bits per heavy atom. The van der Waals surface area contributed by atoms with E-state index in [4.69, 9.17) is 9.47 Å². The predicted octanol–water partition coefficient (Wildman–Crippen LogP) is 2.17. The second-order valence-electron chi connectivity index (χ2n) is 9.57. The quantitative estimate of drug-likeness (QED) is 0.491. The average molecular weight is 499 g/mol. The van der Waals surface area contributed by atoms with Crippen molar-refractivity contribution < 1.29 is 29.0 Å². The number of hydrogen-bond donors (Lipinski definition) is 1. The summed E-state index contributed by atoms with van der Waals surface area (Å²) in [6, 6.07) is 5.82. The summed E-state index contributed by atoms with van der Waals surface area (Å²) in [5.74, 6) is -1.75. The Morgan fingerprint density at radius 1 is 1.14 bits per heavy atom. The molecule has 1 unspecified atom stereocenters. The van der Waals surface area contributed by atoms with Gasteiger partial charge in [0.15, 0.2) is 0 Å². The van der Waals surface area contributed by atoms with Gasteiger partial charge in [0.25, 0.3) is 5.91 Å². The molecule has 1 aromatic carbocycles. The maximum absolute atomic E-state index is 14.3. The molecule has 5 rings (SSSR count). The highest BCUT2D eigenvalue weighted by atomic mass is 32.2. The fourth-order valence-electron chi connectivity index (χ4n) is 6.10. The minimum atomic E-state index is -0.960. The fraction of sp³-hybridized carbons (Fsp3) is 0.500. The van der Waals surface area contributed by atoms with Crippen LogP contribution in [-0.4, -0.2) is 76.2 Å². The zero-order valence-corrected chi connectivity index (χ0v) is 20.9. The van der Waals surface area contributed by atoms with Crippen molar-refractivity contribution in [2.24, 2.45) is 11.8 Å². The van der Waals surface area contributed by atoms with Crippen molar-refractivity contribution in [3.63, 3.8) is 0 Å². The third-order valence-electron chi connectivity index (χ3n) is 7.71. The van der Waals surface area contributed by atoms with Gasteiger partial charge in [0.1, 0.15) is 18.4 Å². The maximum atomic E-state index is 14.3. The van der Waals surface area contributed by atoms with E-state index in [0.29, 0.717) is 24.4 Å². The molecular formula is C26H30N2O6S. The van der Waals surface area contributed by atoms with Crippen LogP contribution in [0.1, 0.15) is 20.3 Å². The normalized spacial score (nSPS) is 34.6. The van der Waals surface area contributed by atoms with Crippen LogP contribution in [0, 0.1) is 11.8 Å². The van der Waals surface area contributed by atoms with E-state index < -0.39 is 39.4 Å². The summed E-state index contributed by atoms with van der Waals surface area (Å²) in [4.78, 5) is 44.8. The maximum Gasteiger partial charge on any atom is 0.311 e. The van der Waals surface area contributed by atoms with Crippen molar-refractivity contribution in [3.05, 3.63) is 48.6 Å². The van der Waals surface area contributed by atoms with Gasteiger partial charge in [-0.25, -0.2) is 0 Å². The van der Waals surface area contributed by atoms with Crippen molar-refractivity contribution >= 4 is 35.2 Å². The molecule has 0 radical (unpaired) electrons. The van der Waals surface area contributed by atoms with E-state index in [0.717, 1.165) is 0 Å². The van der Waals surface area contributed by atoms with Gasteiger partial charge in [-0.2, -0.15) is 0 Å². The first-order chi connectivity index (χ1) is 16.8. The highest BCUT2D eigenvalue weighted by Crippen LogP contribution is 2.65. The average Bonchev–Trinajstić information content (AvgIpc) is 3.11. The number of carbonyl (C=O) groups is 3. The summed E-state index contributed by atoms with van der Waals surface area (Å²) in [5, 5.41) is 10.2. The number of thioether (sulfide) groups is 1. The first kappa shape index (κ1) is 23.9. The number of rotatable bonds is 5. The van der Waals surface area contributed by atoms with Crippen molar-refractivity contribution in [1.82, 2.24) is 4.90 Å². The van der Waals surface area contributed by atoms with E-state index in [2.05, 4.69) is 0 Å². The molecule has 1 N–H and O–H groups in total. The van der Waals surface area contributed by atoms with Gasteiger partial charge in [-0.1, -0.05) is 25.2 Å². The van der Waals surface area contributed by atoms with Gasteiger partial charge in [-0.05, 0) is 43.7 Å². The van der Waals surface area contributed by atoms with Gasteiger partial charge >= 0.3 is 5.97 Å². The number of cyclic esters (lactones) is 1. The van der Waals surface area contributed by atoms with Crippen molar-refractivity contribution in [2.75, 3.05) is 31.8 Å². The smallest absolute Gasteiger partial charge is 0.311 e. The summed E-state index contributed by atoms with van der Waals surface area (Å²) in [6.45, 7) is 4.06. The Labute approximate surface area is 208 Å². The number of fused-ring (bicyclic) bond motifs is 2. The molecule has 2 saturated heterocycles. The lowest BCUT2D eigenvalue weighted by Crippen LogP contribution is -2.56. The van der Waals surface area contributed by atoms with Crippen molar-refractivity contribution in [1.29, 1.82) is 0 Å². The van der Waals surface area contributed by atoms with Crippen LogP contribution in [0.4, 0.5) is 5.69 Å². The molecule has 0 bridgehead atoms. The summed E-state index contributed by atoms with van der Waals surface area (Å²) < 4.78 is 9.05. The predicted molar refractivity (Wildman–Crippen MR) is 132 cm³/mol. The van der Waals surface area contributed by atoms with Gasteiger partial charge in [-0.3, -0.25) is 14.4 Å². The van der Waals surface area contributed by atoms with Gasteiger partial charge in [0, 0.05) is 17.0 Å². The molecule has 1 aromatic rings.